The highest BCUT2D eigenvalue weighted by atomic mass is 79.9. The van der Waals surface area contributed by atoms with Crippen molar-refractivity contribution in [3.05, 3.63) is 22.4 Å². The van der Waals surface area contributed by atoms with Gasteiger partial charge in [0.2, 0.25) is 5.91 Å². The van der Waals surface area contributed by atoms with Crippen LogP contribution < -0.4 is 4.90 Å². The minimum atomic E-state index is -0.518. The van der Waals surface area contributed by atoms with Crippen LogP contribution in [0.4, 0.5) is 5.69 Å². The molecular weight excluding hydrogens is 312 g/mol. The fourth-order valence-corrected chi connectivity index (χ4v) is 2.29. The molecule has 1 aliphatic heterocycles. The van der Waals surface area contributed by atoms with Crippen molar-refractivity contribution in [3.63, 3.8) is 0 Å². The highest BCUT2D eigenvalue weighted by Crippen LogP contribution is 2.29. The van der Waals surface area contributed by atoms with Crippen molar-refractivity contribution in [1.82, 2.24) is 4.98 Å². The first-order chi connectivity index (χ1) is 9.06. The molecule has 2 rings (SSSR count). The minimum absolute atomic E-state index is 0.114. The predicted octanol–water partition coefficient (Wildman–Crippen LogP) is 1.62. The molecule has 2 heterocycles. The zero-order chi connectivity index (χ0) is 14.0. The van der Waals surface area contributed by atoms with E-state index in [1.165, 1.54) is 24.3 Å². The Kier molecular flexibility index (Phi) is 3.86. The van der Waals surface area contributed by atoms with E-state index < -0.39 is 5.97 Å². The quantitative estimate of drug-likeness (QED) is 0.471. The number of hydrogen-bond acceptors (Lipinski definition) is 4. The van der Waals surface area contributed by atoms with Crippen LogP contribution >= 0.6 is 15.9 Å². The molecule has 1 fully saturated rings. The molecular formula is C13H11BrN2O3. The number of carbonyl (C=O) groups is 2. The number of aromatic nitrogens is 1. The van der Waals surface area contributed by atoms with Gasteiger partial charge in [0, 0.05) is 18.9 Å². The highest BCUT2D eigenvalue weighted by molar-refractivity contribution is 9.10. The van der Waals surface area contributed by atoms with Gasteiger partial charge in [0.25, 0.3) is 0 Å². The van der Waals surface area contributed by atoms with Gasteiger partial charge in [0.05, 0.1) is 24.6 Å². The molecule has 1 unspecified atom stereocenters. The fraction of sp³-hybridized carbons (Fsp3) is 0.308. The number of amides is 1. The molecule has 0 saturated carbocycles. The van der Waals surface area contributed by atoms with E-state index in [2.05, 4.69) is 26.8 Å². The smallest absolute Gasteiger partial charge is 0.340 e. The summed E-state index contributed by atoms with van der Waals surface area (Å²) in [4.78, 5) is 29.2. The summed E-state index contributed by atoms with van der Waals surface area (Å²) in [6.07, 6.45) is 7.09. The second kappa shape index (κ2) is 5.41. The summed E-state index contributed by atoms with van der Waals surface area (Å²) < 4.78 is 5.21. The van der Waals surface area contributed by atoms with Crippen LogP contribution in [0.2, 0.25) is 0 Å². The standard InChI is InChI=1S/C13H11BrN2O3/c1-3-8-4-12(17)16(7-8)10-6-15-11(14)5-9(10)13(18)19-2/h1,5-6,8H,4,7H2,2H3. The Bertz CT molecular complexity index is 580. The van der Waals surface area contributed by atoms with Crippen molar-refractivity contribution < 1.29 is 14.3 Å². The second-order valence-corrected chi connectivity index (χ2v) is 4.90. The molecule has 1 aromatic heterocycles. The monoisotopic (exact) mass is 322 g/mol. The Labute approximate surface area is 119 Å². The van der Waals surface area contributed by atoms with Crippen LogP contribution in [0, 0.1) is 18.3 Å². The molecule has 0 radical (unpaired) electrons. The van der Waals surface area contributed by atoms with Crippen LogP contribution in [0.25, 0.3) is 0 Å². The number of rotatable bonds is 2. The number of halogens is 1. The van der Waals surface area contributed by atoms with E-state index in [1.54, 1.807) is 0 Å². The summed E-state index contributed by atoms with van der Waals surface area (Å²) in [5.41, 5.74) is 0.716. The molecule has 5 nitrogen and oxygen atoms in total. The summed E-state index contributed by atoms with van der Waals surface area (Å²) in [6.45, 7) is 0.392. The Morgan fingerprint density at radius 3 is 3.00 bits per heavy atom. The van der Waals surface area contributed by atoms with Crippen LogP contribution in [0.3, 0.4) is 0 Å². The lowest BCUT2D eigenvalue weighted by molar-refractivity contribution is -0.117. The van der Waals surface area contributed by atoms with Gasteiger partial charge in [0.1, 0.15) is 4.60 Å². The average Bonchev–Trinajstić information content (AvgIpc) is 2.79. The van der Waals surface area contributed by atoms with Crippen molar-refractivity contribution in [2.45, 2.75) is 6.42 Å². The van der Waals surface area contributed by atoms with Gasteiger partial charge in [-0.25, -0.2) is 9.78 Å². The molecule has 0 aliphatic carbocycles. The van der Waals surface area contributed by atoms with Gasteiger partial charge < -0.3 is 9.64 Å². The summed E-state index contributed by atoms with van der Waals surface area (Å²) in [5.74, 6) is 1.79. The van der Waals surface area contributed by atoms with E-state index in [0.29, 0.717) is 16.8 Å². The fourth-order valence-electron chi connectivity index (χ4n) is 1.96. The molecule has 1 atom stereocenters. The maximum atomic E-state index is 11.9. The Morgan fingerprint density at radius 2 is 2.42 bits per heavy atom. The lowest BCUT2D eigenvalue weighted by Gasteiger charge is -2.18. The topological polar surface area (TPSA) is 59.5 Å². The largest absolute Gasteiger partial charge is 0.465 e. The molecule has 1 aliphatic rings. The number of esters is 1. The Hall–Kier alpha value is -1.87. The van der Waals surface area contributed by atoms with Crippen LogP contribution in [-0.4, -0.2) is 30.5 Å². The number of terminal acetylenes is 1. The Balaban J connectivity index is 2.43. The lowest BCUT2D eigenvalue weighted by atomic mass is 10.1. The minimum Gasteiger partial charge on any atom is -0.465 e. The van der Waals surface area contributed by atoms with E-state index >= 15 is 0 Å². The van der Waals surface area contributed by atoms with Gasteiger partial charge in [-0.1, -0.05) is 0 Å². The number of methoxy groups -OCH3 is 1. The SMILES string of the molecule is C#CC1CC(=O)N(c2cnc(Br)cc2C(=O)OC)C1. The molecule has 1 aromatic rings. The highest BCUT2D eigenvalue weighted by Gasteiger charge is 2.32. The number of ether oxygens (including phenoxy) is 1. The summed E-state index contributed by atoms with van der Waals surface area (Å²) >= 11 is 3.19. The van der Waals surface area contributed by atoms with Gasteiger partial charge in [-0.3, -0.25) is 4.79 Å². The number of carbonyl (C=O) groups excluding carboxylic acids is 2. The van der Waals surface area contributed by atoms with Crippen LogP contribution in [0.15, 0.2) is 16.9 Å². The predicted molar refractivity (Wildman–Crippen MR) is 72.6 cm³/mol. The van der Waals surface area contributed by atoms with Gasteiger partial charge in [-0.2, -0.15) is 0 Å². The molecule has 0 bridgehead atoms. The van der Waals surface area contributed by atoms with E-state index in [0.717, 1.165) is 0 Å². The third-order valence-corrected chi connectivity index (χ3v) is 3.34. The second-order valence-electron chi connectivity index (χ2n) is 4.09. The third kappa shape index (κ3) is 2.61. The summed E-state index contributed by atoms with van der Waals surface area (Å²) in [7, 11) is 1.29. The van der Waals surface area contributed by atoms with E-state index in [-0.39, 0.29) is 23.8 Å². The van der Waals surface area contributed by atoms with Gasteiger partial charge >= 0.3 is 5.97 Å². The molecule has 0 N–H and O–H groups in total. The molecule has 1 saturated heterocycles. The number of anilines is 1. The number of pyridine rings is 1. The maximum Gasteiger partial charge on any atom is 0.340 e. The zero-order valence-electron chi connectivity index (χ0n) is 10.2. The van der Waals surface area contributed by atoms with Gasteiger partial charge in [0.15, 0.2) is 0 Å². The Morgan fingerprint density at radius 1 is 1.68 bits per heavy atom. The van der Waals surface area contributed by atoms with Crippen LogP contribution in [0.5, 0.6) is 0 Å². The van der Waals surface area contributed by atoms with Crippen molar-refractivity contribution in [2.24, 2.45) is 5.92 Å². The first kappa shape index (κ1) is 13.6. The number of hydrogen-bond donors (Lipinski definition) is 0. The number of nitrogens with zero attached hydrogens (tertiary/aromatic N) is 2. The van der Waals surface area contributed by atoms with Crippen LogP contribution in [0.1, 0.15) is 16.8 Å². The molecule has 1 amide bonds. The summed E-state index contributed by atoms with van der Waals surface area (Å²) in [6, 6.07) is 1.53. The van der Waals surface area contributed by atoms with Gasteiger partial charge in [-0.15, -0.1) is 12.3 Å². The normalized spacial score (nSPS) is 18.3. The van der Waals surface area contributed by atoms with Crippen LogP contribution in [-0.2, 0) is 9.53 Å². The lowest BCUT2D eigenvalue weighted by Crippen LogP contribution is -2.27. The molecule has 19 heavy (non-hydrogen) atoms. The average molecular weight is 323 g/mol. The van der Waals surface area contributed by atoms with E-state index in [4.69, 9.17) is 11.2 Å². The molecule has 98 valence electrons. The molecule has 0 spiro atoms. The van der Waals surface area contributed by atoms with Crippen molar-refractivity contribution in [2.75, 3.05) is 18.6 Å². The van der Waals surface area contributed by atoms with Crippen molar-refractivity contribution >= 4 is 33.5 Å². The van der Waals surface area contributed by atoms with E-state index in [1.807, 2.05) is 0 Å². The zero-order valence-corrected chi connectivity index (χ0v) is 11.8. The molecule has 6 heteroatoms. The van der Waals surface area contributed by atoms with Crippen molar-refractivity contribution in [1.29, 1.82) is 0 Å². The first-order valence-corrected chi connectivity index (χ1v) is 6.36. The third-order valence-electron chi connectivity index (χ3n) is 2.91. The maximum absolute atomic E-state index is 11.9. The van der Waals surface area contributed by atoms with Gasteiger partial charge in [-0.05, 0) is 22.0 Å². The summed E-state index contributed by atoms with van der Waals surface area (Å²) in [5, 5.41) is 0. The van der Waals surface area contributed by atoms with E-state index in [9.17, 15) is 9.59 Å². The molecule has 0 aromatic carbocycles. The first-order valence-electron chi connectivity index (χ1n) is 5.57. The van der Waals surface area contributed by atoms with Crippen molar-refractivity contribution in [3.8, 4) is 12.3 Å².